The van der Waals surface area contributed by atoms with Crippen molar-refractivity contribution in [2.75, 3.05) is 0 Å². The van der Waals surface area contributed by atoms with E-state index >= 15 is 0 Å². The summed E-state index contributed by atoms with van der Waals surface area (Å²) in [6.07, 6.45) is 3.23. The van der Waals surface area contributed by atoms with E-state index in [2.05, 4.69) is 4.98 Å². The molecule has 0 saturated carbocycles. The monoisotopic (exact) mass is 191 g/mol. The molecule has 0 fully saturated rings. The predicted octanol–water partition coefficient (Wildman–Crippen LogP) is 1.39. The molecule has 0 aromatic carbocycles. The molecular weight excluding hydrogens is 178 g/mol. The molecule has 0 aliphatic carbocycles. The highest BCUT2D eigenvalue weighted by Crippen LogP contribution is 2.22. The summed E-state index contributed by atoms with van der Waals surface area (Å²) in [7, 11) is 0. The molecule has 1 atom stereocenters. The number of nitrogens with two attached hydrogens (primary N) is 1. The van der Waals surface area contributed by atoms with E-state index in [0.717, 1.165) is 0 Å². The first kappa shape index (κ1) is 10.5. The van der Waals surface area contributed by atoms with Crippen molar-refractivity contribution in [2.45, 2.75) is 26.0 Å². The fourth-order valence-electron chi connectivity index (χ4n) is 1.06. The van der Waals surface area contributed by atoms with Crippen LogP contribution in [0.25, 0.3) is 0 Å². The molecule has 1 aromatic rings. The number of ether oxygens (including phenoxy) is 1. The maximum atomic E-state index is 8.69. The van der Waals surface area contributed by atoms with Crippen LogP contribution in [0.5, 0.6) is 5.75 Å². The van der Waals surface area contributed by atoms with E-state index in [0.29, 0.717) is 11.3 Å². The van der Waals surface area contributed by atoms with Gasteiger partial charge in [0.05, 0.1) is 12.2 Å². The zero-order valence-corrected chi connectivity index (χ0v) is 8.27. The van der Waals surface area contributed by atoms with Gasteiger partial charge in [0.25, 0.3) is 0 Å². The van der Waals surface area contributed by atoms with Crippen molar-refractivity contribution >= 4 is 0 Å². The van der Waals surface area contributed by atoms with Crippen molar-refractivity contribution in [1.29, 1.82) is 5.26 Å². The van der Waals surface area contributed by atoms with E-state index < -0.39 is 6.04 Å². The van der Waals surface area contributed by atoms with Crippen LogP contribution in [-0.2, 0) is 0 Å². The first-order chi connectivity index (χ1) is 6.65. The van der Waals surface area contributed by atoms with Gasteiger partial charge in [-0.15, -0.1) is 0 Å². The SMILES string of the molecule is CC(C)Oc1ccncc1C(N)C#N. The smallest absolute Gasteiger partial charge is 0.128 e. The second-order valence-corrected chi connectivity index (χ2v) is 3.19. The van der Waals surface area contributed by atoms with Gasteiger partial charge in [-0.1, -0.05) is 0 Å². The third kappa shape index (κ3) is 2.44. The Labute approximate surface area is 83.3 Å². The lowest BCUT2D eigenvalue weighted by molar-refractivity contribution is 0.239. The van der Waals surface area contributed by atoms with Gasteiger partial charge in [0, 0.05) is 18.0 Å². The van der Waals surface area contributed by atoms with Gasteiger partial charge in [-0.25, -0.2) is 0 Å². The number of hydrogen-bond acceptors (Lipinski definition) is 4. The Hall–Kier alpha value is -1.60. The van der Waals surface area contributed by atoms with Crippen molar-refractivity contribution in [3.63, 3.8) is 0 Å². The Morgan fingerprint density at radius 2 is 2.29 bits per heavy atom. The van der Waals surface area contributed by atoms with E-state index in [4.69, 9.17) is 15.7 Å². The van der Waals surface area contributed by atoms with Crippen LogP contribution in [0, 0.1) is 11.3 Å². The molecule has 1 aromatic heterocycles. The fraction of sp³-hybridized carbons (Fsp3) is 0.400. The van der Waals surface area contributed by atoms with Gasteiger partial charge in [0.1, 0.15) is 11.8 Å². The summed E-state index contributed by atoms with van der Waals surface area (Å²) in [5.41, 5.74) is 6.22. The first-order valence-electron chi connectivity index (χ1n) is 4.41. The summed E-state index contributed by atoms with van der Waals surface area (Å²) in [4.78, 5) is 3.91. The summed E-state index contributed by atoms with van der Waals surface area (Å²) >= 11 is 0. The maximum absolute atomic E-state index is 8.69. The summed E-state index contributed by atoms with van der Waals surface area (Å²) in [6, 6.07) is 2.98. The minimum atomic E-state index is -0.683. The first-order valence-corrected chi connectivity index (χ1v) is 4.41. The van der Waals surface area contributed by atoms with Crippen molar-refractivity contribution < 1.29 is 4.74 Å². The highest BCUT2D eigenvalue weighted by atomic mass is 16.5. The Balaban J connectivity index is 2.98. The second-order valence-electron chi connectivity index (χ2n) is 3.19. The molecule has 2 N–H and O–H groups in total. The average molecular weight is 191 g/mol. The van der Waals surface area contributed by atoms with Crippen molar-refractivity contribution in [3.05, 3.63) is 24.0 Å². The summed E-state index contributed by atoms with van der Waals surface area (Å²) in [5.74, 6) is 0.629. The zero-order valence-electron chi connectivity index (χ0n) is 8.27. The molecule has 0 spiro atoms. The molecule has 0 amide bonds. The Kier molecular flexibility index (Phi) is 3.43. The molecular formula is C10H13N3O. The molecule has 74 valence electrons. The van der Waals surface area contributed by atoms with E-state index in [1.165, 1.54) is 0 Å². The van der Waals surface area contributed by atoms with Gasteiger partial charge in [-0.3, -0.25) is 4.98 Å². The van der Waals surface area contributed by atoms with E-state index in [1.807, 2.05) is 19.9 Å². The van der Waals surface area contributed by atoms with Crippen LogP contribution >= 0.6 is 0 Å². The predicted molar refractivity (Wildman–Crippen MR) is 52.5 cm³/mol. The van der Waals surface area contributed by atoms with Crippen molar-refractivity contribution in [1.82, 2.24) is 4.98 Å². The van der Waals surface area contributed by atoms with Crippen molar-refractivity contribution in [2.24, 2.45) is 5.73 Å². The molecule has 1 heterocycles. The standard InChI is InChI=1S/C10H13N3O/c1-7(2)14-10-3-4-13-6-8(10)9(12)5-11/h3-4,6-7,9H,12H2,1-2H3. The normalized spacial score (nSPS) is 12.2. The summed E-state index contributed by atoms with van der Waals surface area (Å²) in [5, 5.41) is 8.69. The number of rotatable bonds is 3. The minimum absolute atomic E-state index is 0.0574. The second kappa shape index (κ2) is 4.58. The maximum Gasteiger partial charge on any atom is 0.128 e. The molecule has 0 bridgehead atoms. The van der Waals surface area contributed by atoms with Gasteiger partial charge in [0.2, 0.25) is 0 Å². The van der Waals surface area contributed by atoms with Crippen LogP contribution in [0.2, 0.25) is 0 Å². The third-order valence-electron chi connectivity index (χ3n) is 1.65. The molecule has 14 heavy (non-hydrogen) atoms. The number of aromatic nitrogens is 1. The number of nitriles is 1. The van der Waals surface area contributed by atoms with Crippen LogP contribution in [-0.4, -0.2) is 11.1 Å². The van der Waals surface area contributed by atoms with Crippen LogP contribution in [0.1, 0.15) is 25.5 Å². The van der Waals surface area contributed by atoms with E-state index in [9.17, 15) is 0 Å². The van der Waals surface area contributed by atoms with Crippen molar-refractivity contribution in [3.8, 4) is 11.8 Å². The largest absolute Gasteiger partial charge is 0.491 e. The quantitative estimate of drug-likeness (QED) is 0.783. The lowest BCUT2D eigenvalue weighted by Crippen LogP contribution is -2.13. The van der Waals surface area contributed by atoms with Gasteiger partial charge >= 0.3 is 0 Å². The topological polar surface area (TPSA) is 71.9 Å². The van der Waals surface area contributed by atoms with Gasteiger partial charge < -0.3 is 10.5 Å². The molecule has 0 radical (unpaired) electrons. The fourth-order valence-corrected chi connectivity index (χ4v) is 1.06. The highest BCUT2D eigenvalue weighted by Gasteiger charge is 2.12. The lowest BCUT2D eigenvalue weighted by atomic mass is 10.1. The Morgan fingerprint density at radius 1 is 1.57 bits per heavy atom. The number of nitrogens with zero attached hydrogens (tertiary/aromatic N) is 2. The van der Waals surface area contributed by atoms with Crippen LogP contribution in [0.4, 0.5) is 0 Å². The molecule has 0 saturated heterocycles. The number of pyridine rings is 1. The van der Waals surface area contributed by atoms with Crippen LogP contribution in [0.3, 0.4) is 0 Å². The highest BCUT2D eigenvalue weighted by molar-refractivity contribution is 5.35. The zero-order chi connectivity index (χ0) is 10.6. The molecule has 4 heteroatoms. The Morgan fingerprint density at radius 3 is 2.86 bits per heavy atom. The summed E-state index contributed by atoms with van der Waals surface area (Å²) in [6.45, 7) is 3.84. The number of hydrogen-bond donors (Lipinski definition) is 1. The minimum Gasteiger partial charge on any atom is -0.491 e. The van der Waals surface area contributed by atoms with Gasteiger partial charge in [-0.05, 0) is 19.9 Å². The summed E-state index contributed by atoms with van der Waals surface area (Å²) < 4.78 is 5.50. The molecule has 1 rings (SSSR count). The van der Waals surface area contributed by atoms with Crippen LogP contribution in [0.15, 0.2) is 18.5 Å². The van der Waals surface area contributed by atoms with Crippen LogP contribution < -0.4 is 10.5 Å². The van der Waals surface area contributed by atoms with Gasteiger partial charge in [0.15, 0.2) is 0 Å². The molecule has 4 nitrogen and oxygen atoms in total. The van der Waals surface area contributed by atoms with E-state index in [-0.39, 0.29) is 6.10 Å². The Bertz CT molecular complexity index is 343. The molecule has 0 aliphatic heterocycles. The van der Waals surface area contributed by atoms with Gasteiger partial charge in [-0.2, -0.15) is 5.26 Å². The molecule has 1 unspecified atom stereocenters. The van der Waals surface area contributed by atoms with E-state index in [1.54, 1.807) is 18.5 Å². The average Bonchev–Trinajstić information content (AvgIpc) is 2.16. The molecule has 0 aliphatic rings. The third-order valence-corrected chi connectivity index (χ3v) is 1.65. The lowest BCUT2D eigenvalue weighted by Gasteiger charge is -2.14.